The SMILES string of the molecule is COCCNCC(C)NCc1ccc(Cl)cc1Cl. The largest absolute Gasteiger partial charge is 0.383 e. The number of hydrogen-bond donors (Lipinski definition) is 2. The zero-order chi connectivity index (χ0) is 13.4. The fraction of sp³-hybridized carbons (Fsp3) is 0.538. The summed E-state index contributed by atoms with van der Waals surface area (Å²) in [5.41, 5.74) is 1.06. The number of ether oxygens (including phenoxy) is 1. The summed E-state index contributed by atoms with van der Waals surface area (Å²) in [5.74, 6) is 0. The lowest BCUT2D eigenvalue weighted by molar-refractivity contribution is 0.198. The Morgan fingerprint density at radius 3 is 2.78 bits per heavy atom. The van der Waals surface area contributed by atoms with Crippen LogP contribution in [0.15, 0.2) is 18.2 Å². The number of hydrogen-bond acceptors (Lipinski definition) is 3. The number of rotatable bonds is 8. The second-order valence-corrected chi connectivity index (χ2v) is 5.06. The van der Waals surface area contributed by atoms with Crippen LogP contribution in [-0.2, 0) is 11.3 Å². The van der Waals surface area contributed by atoms with Gasteiger partial charge in [0.1, 0.15) is 0 Å². The minimum absolute atomic E-state index is 0.369. The van der Waals surface area contributed by atoms with Crippen molar-refractivity contribution in [3.63, 3.8) is 0 Å². The summed E-state index contributed by atoms with van der Waals surface area (Å²) in [7, 11) is 1.70. The average molecular weight is 291 g/mol. The third-order valence-electron chi connectivity index (χ3n) is 2.59. The van der Waals surface area contributed by atoms with Crippen LogP contribution in [0, 0.1) is 0 Å². The summed E-state index contributed by atoms with van der Waals surface area (Å²) < 4.78 is 4.97. The predicted molar refractivity (Wildman–Crippen MR) is 77.5 cm³/mol. The molecule has 1 unspecified atom stereocenters. The molecule has 0 spiro atoms. The summed E-state index contributed by atoms with van der Waals surface area (Å²) in [6, 6.07) is 5.93. The summed E-state index contributed by atoms with van der Waals surface area (Å²) in [6.07, 6.45) is 0. The minimum atomic E-state index is 0.369. The van der Waals surface area contributed by atoms with Crippen molar-refractivity contribution in [1.82, 2.24) is 10.6 Å². The number of benzene rings is 1. The van der Waals surface area contributed by atoms with E-state index < -0.39 is 0 Å². The van der Waals surface area contributed by atoms with Crippen LogP contribution in [0.4, 0.5) is 0 Å². The van der Waals surface area contributed by atoms with Crippen LogP contribution in [-0.4, -0.2) is 32.8 Å². The van der Waals surface area contributed by atoms with E-state index >= 15 is 0 Å². The lowest BCUT2D eigenvalue weighted by Crippen LogP contribution is -2.37. The fourth-order valence-corrected chi connectivity index (χ4v) is 1.99. The molecule has 2 N–H and O–H groups in total. The van der Waals surface area contributed by atoms with Gasteiger partial charge in [0.05, 0.1) is 6.61 Å². The van der Waals surface area contributed by atoms with Crippen molar-refractivity contribution in [3.05, 3.63) is 33.8 Å². The minimum Gasteiger partial charge on any atom is -0.383 e. The van der Waals surface area contributed by atoms with Crippen molar-refractivity contribution in [3.8, 4) is 0 Å². The maximum atomic E-state index is 6.10. The van der Waals surface area contributed by atoms with Gasteiger partial charge in [0.15, 0.2) is 0 Å². The van der Waals surface area contributed by atoms with Gasteiger partial charge in [-0.05, 0) is 24.6 Å². The second kappa shape index (κ2) is 8.73. The molecule has 0 radical (unpaired) electrons. The van der Waals surface area contributed by atoms with Gasteiger partial charge in [-0.2, -0.15) is 0 Å². The Morgan fingerprint density at radius 2 is 2.11 bits per heavy atom. The van der Waals surface area contributed by atoms with Gasteiger partial charge in [0.25, 0.3) is 0 Å². The van der Waals surface area contributed by atoms with Gasteiger partial charge in [-0.3, -0.25) is 0 Å². The molecule has 0 saturated carbocycles. The van der Waals surface area contributed by atoms with Crippen molar-refractivity contribution in [2.24, 2.45) is 0 Å². The van der Waals surface area contributed by atoms with Crippen molar-refractivity contribution >= 4 is 23.2 Å². The van der Waals surface area contributed by atoms with Gasteiger partial charge in [0, 0.05) is 42.8 Å². The first-order valence-electron chi connectivity index (χ1n) is 6.00. The molecule has 1 aromatic rings. The molecule has 0 aromatic heterocycles. The molecule has 0 aliphatic heterocycles. The lowest BCUT2D eigenvalue weighted by Gasteiger charge is -2.15. The molecular weight excluding hydrogens is 271 g/mol. The molecule has 1 aromatic carbocycles. The summed E-state index contributed by atoms with van der Waals surface area (Å²) in [6.45, 7) is 5.36. The van der Waals surface area contributed by atoms with Crippen LogP contribution in [0.25, 0.3) is 0 Å². The molecule has 102 valence electrons. The molecule has 3 nitrogen and oxygen atoms in total. The van der Waals surface area contributed by atoms with E-state index in [2.05, 4.69) is 17.6 Å². The lowest BCUT2D eigenvalue weighted by atomic mass is 10.2. The van der Waals surface area contributed by atoms with Crippen LogP contribution < -0.4 is 10.6 Å². The number of methoxy groups -OCH3 is 1. The molecule has 0 amide bonds. The quantitative estimate of drug-likeness (QED) is 0.723. The molecule has 5 heteroatoms. The van der Waals surface area contributed by atoms with Crippen LogP contribution in [0.2, 0.25) is 10.0 Å². The first-order chi connectivity index (χ1) is 8.63. The maximum absolute atomic E-state index is 6.10. The van der Waals surface area contributed by atoms with E-state index in [1.165, 1.54) is 0 Å². The van der Waals surface area contributed by atoms with Crippen LogP contribution in [0.1, 0.15) is 12.5 Å². The van der Waals surface area contributed by atoms with E-state index in [1.54, 1.807) is 13.2 Å². The standard InChI is InChI=1S/C13H20Cl2N2O/c1-10(8-16-5-6-18-2)17-9-11-3-4-12(14)7-13(11)15/h3-4,7,10,16-17H,5-6,8-9H2,1-2H3. The highest BCUT2D eigenvalue weighted by Crippen LogP contribution is 2.20. The molecule has 0 aliphatic carbocycles. The van der Waals surface area contributed by atoms with Gasteiger partial charge < -0.3 is 15.4 Å². The first kappa shape index (κ1) is 15.7. The van der Waals surface area contributed by atoms with Gasteiger partial charge >= 0.3 is 0 Å². The molecule has 0 fully saturated rings. The zero-order valence-electron chi connectivity index (χ0n) is 10.8. The molecule has 0 saturated heterocycles. The maximum Gasteiger partial charge on any atom is 0.0587 e. The number of halogens is 2. The molecule has 0 bridgehead atoms. The highest BCUT2D eigenvalue weighted by molar-refractivity contribution is 6.35. The van der Waals surface area contributed by atoms with E-state index in [4.69, 9.17) is 27.9 Å². The smallest absolute Gasteiger partial charge is 0.0587 e. The Morgan fingerprint density at radius 1 is 1.33 bits per heavy atom. The van der Waals surface area contributed by atoms with Gasteiger partial charge in [-0.1, -0.05) is 29.3 Å². The average Bonchev–Trinajstić information content (AvgIpc) is 2.33. The van der Waals surface area contributed by atoms with Crippen molar-refractivity contribution < 1.29 is 4.74 Å². The molecule has 0 heterocycles. The first-order valence-corrected chi connectivity index (χ1v) is 6.76. The van der Waals surface area contributed by atoms with E-state index in [0.717, 1.165) is 31.8 Å². The molecule has 18 heavy (non-hydrogen) atoms. The monoisotopic (exact) mass is 290 g/mol. The zero-order valence-corrected chi connectivity index (χ0v) is 12.3. The Bertz CT molecular complexity index is 361. The fourth-order valence-electron chi connectivity index (χ4n) is 1.51. The molecular formula is C13H20Cl2N2O. The Hall–Kier alpha value is -0.320. The van der Waals surface area contributed by atoms with E-state index in [-0.39, 0.29) is 0 Å². The topological polar surface area (TPSA) is 33.3 Å². The summed E-state index contributed by atoms with van der Waals surface area (Å²) in [5, 5.41) is 8.08. The predicted octanol–water partition coefficient (Wildman–Crippen LogP) is 2.71. The summed E-state index contributed by atoms with van der Waals surface area (Å²) >= 11 is 12.0. The van der Waals surface area contributed by atoms with Crippen LogP contribution in [0.5, 0.6) is 0 Å². The molecule has 1 atom stereocenters. The van der Waals surface area contributed by atoms with Crippen LogP contribution >= 0.6 is 23.2 Å². The molecule has 1 rings (SSSR count). The van der Waals surface area contributed by atoms with E-state index in [0.29, 0.717) is 16.1 Å². The number of nitrogens with one attached hydrogen (secondary N) is 2. The normalized spacial score (nSPS) is 12.7. The highest BCUT2D eigenvalue weighted by atomic mass is 35.5. The van der Waals surface area contributed by atoms with Crippen LogP contribution in [0.3, 0.4) is 0 Å². The Kier molecular flexibility index (Phi) is 7.63. The summed E-state index contributed by atoms with van der Waals surface area (Å²) in [4.78, 5) is 0. The third kappa shape index (κ3) is 6.03. The highest BCUT2D eigenvalue weighted by Gasteiger charge is 2.04. The second-order valence-electron chi connectivity index (χ2n) is 4.21. The van der Waals surface area contributed by atoms with Gasteiger partial charge in [-0.15, -0.1) is 0 Å². The van der Waals surface area contributed by atoms with Gasteiger partial charge in [0.2, 0.25) is 0 Å². The van der Waals surface area contributed by atoms with E-state index in [9.17, 15) is 0 Å². The van der Waals surface area contributed by atoms with E-state index in [1.807, 2.05) is 12.1 Å². The van der Waals surface area contributed by atoms with Crippen molar-refractivity contribution in [1.29, 1.82) is 0 Å². The van der Waals surface area contributed by atoms with Crippen molar-refractivity contribution in [2.75, 3.05) is 26.8 Å². The third-order valence-corrected chi connectivity index (χ3v) is 3.18. The van der Waals surface area contributed by atoms with Gasteiger partial charge in [-0.25, -0.2) is 0 Å². The Balaban J connectivity index is 2.27. The van der Waals surface area contributed by atoms with Crippen molar-refractivity contribution in [2.45, 2.75) is 19.5 Å². The Labute approximate surface area is 119 Å². The molecule has 0 aliphatic rings.